The van der Waals surface area contributed by atoms with Crippen LogP contribution >= 0.6 is 0 Å². The van der Waals surface area contributed by atoms with Crippen molar-refractivity contribution in [1.82, 2.24) is 19.7 Å². The van der Waals surface area contributed by atoms with Crippen LogP contribution in [0, 0.1) is 0 Å². The average Bonchev–Trinajstić information content (AvgIpc) is 2.59. The molecule has 0 aliphatic carbocycles. The summed E-state index contributed by atoms with van der Waals surface area (Å²) in [4.78, 5) is 2.21. The van der Waals surface area contributed by atoms with Gasteiger partial charge in [0.25, 0.3) is 0 Å². The fourth-order valence-electron chi connectivity index (χ4n) is 2.71. The summed E-state index contributed by atoms with van der Waals surface area (Å²) in [6, 6.07) is 0. The fourth-order valence-corrected chi connectivity index (χ4v) is 2.71. The number of aromatic nitrogens is 3. The third-order valence-electron chi connectivity index (χ3n) is 3.43. The number of likely N-dealkylation sites (tertiary alicyclic amines) is 1. The zero-order valence-corrected chi connectivity index (χ0v) is 9.69. The minimum atomic E-state index is -0.495. The summed E-state index contributed by atoms with van der Waals surface area (Å²) in [6.45, 7) is 5.25. The van der Waals surface area contributed by atoms with Crippen LogP contribution in [0.1, 0.15) is 31.4 Å². The van der Waals surface area contributed by atoms with Crippen LogP contribution in [0.3, 0.4) is 0 Å². The van der Waals surface area contributed by atoms with Gasteiger partial charge in [-0.25, -0.2) is 0 Å². The van der Waals surface area contributed by atoms with Gasteiger partial charge in [-0.1, -0.05) is 0 Å². The molecule has 0 radical (unpaired) electrons. The predicted octanol–water partition coefficient (Wildman–Crippen LogP) is 0.181. The Bertz CT molecular complexity index is 391. The first-order valence-corrected chi connectivity index (χ1v) is 6.00. The van der Waals surface area contributed by atoms with E-state index in [1.54, 1.807) is 0 Å². The average molecular weight is 222 g/mol. The number of rotatable bonds is 2. The van der Waals surface area contributed by atoms with Gasteiger partial charge in [-0.05, 0) is 19.8 Å². The molecule has 0 saturated carbocycles. The van der Waals surface area contributed by atoms with Crippen LogP contribution in [0.4, 0.5) is 0 Å². The Balaban J connectivity index is 1.69. The van der Waals surface area contributed by atoms with E-state index in [2.05, 4.69) is 19.7 Å². The quantitative estimate of drug-likeness (QED) is 0.775. The minimum absolute atomic E-state index is 0.495. The third kappa shape index (κ3) is 1.74. The highest BCUT2D eigenvalue weighted by atomic mass is 16.3. The van der Waals surface area contributed by atoms with Gasteiger partial charge in [-0.15, -0.1) is 10.2 Å². The second kappa shape index (κ2) is 3.53. The molecule has 1 N–H and O–H groups in total. The Kier molecular flexibility index (Phi) is 2.26. The molecule has 1 aromatic rings. The van der Waals surface area contributed by atoms with Crippen LogP contribution in [0.5, 0.6) is 0 Å². The molecule has 3 heterocycles. The Morgan fingerprint density at radius 2 is 2.12 bits per heavy atom. The van der Waals surface area contributed by atoms with E-state index < -0.39 is 5.60 Å². The molecule has 16 heavy (non-hydrogen) atoms. The lowest BCUT2D eigenvalue weighted by atomic mass is 9.97. The fraction of sp³-hybridized carbons (Fsp3) is 0.818. The molecule has 0 bridgehead atoms. The molecule has 0 atom stereocenters. The molecule has 5 nitrogen and oxygen atoms in total. The van der Waals surface area contributed by atoms with Crippen LogP contribution < -0.4 is 0 Å². The molecular weight excluding hydrogens is 204 g/mol. The molecule has 0 aromatic carbocycles. The molecule has 2 aliphatic heterocycles. The lowest BCUT2D eigenvalue weighted by Gasteiger charge is -2.43. The third-order valence-corrected chi connectivity index (χ3v) is 3.43. The van der Waals surface area contributed by atoms with Crippen molar-refractivity contribution in [2.45, 2.75) is 44.9 Å². The highest BCUT2D eigenvalue weighted by molar-refractivity contribution is 5.01. The molecule has 1 saturated heterocycles. The van der Waals surface area contributed by atoms with Gasteiger partial charge in [0.05, 0.1) is 12.1 Å². The smallest absolute Gasteiger partial charge is 0.147 e. The zero-order valence-electron chi connectivity index (χ0n) is 9.69. The summed E-state index contributed by atoms with van der Waals surface area (Å²) in [6.07, 6.45) is 3.52. The Hall–Kier alpha value is -0.940. The van der Waals surface area contributed by atoms with Crippen molar-refractivity contribution >= 4 is 0 Å². The first-order valence-electron chi connectivity index (χ1n) is 6.00. The monoisotopic (exact) mass is 222 g/mol. The number of aliphatic hydroxyl groups is 1. The molecule has 0 spiro atoms. The van der Waals surface area contributed by atoms with Crippen molar-refractivity contribution in [3.05, 3.63) is 11.6 Å². The normalized spacial score (nSPS) is 23.9. The van der Waals surface area contributed by atoms with Crippen molar-refractivity contribution in [1.29, 1.82) is 0 Å². The number of hydrogen-bond donors (Lipinski definition) is 1. The number of nitrogens with zero attached hydrogens (tertiary/aromatic N) is 4. The minimum Gasteiger partial charge on any atom is -0.388 e. The maximum Gasteiger partial charge on any atom is 0.147 e. The van der Waals surface area contributed by atoms with Crippen molar-refractivity contribution in [2.24, 2.45) is 0 Å². The van der Waals surface area contributed by atoms with E-state index in [1.807, 2.05) is 6.92 Å². The van der Waals surface area contributed by atoms with E-state index in [-0.39, 0.29) is 0 Å². The summed E-state index contributed by atoms with van der Waals surface area (Å²) < 4.78 is 2.25. The highest BCUT2D eigenvalue weighted by Crippen LogP contribution is 2.22. The molecule has 1 fully saturated rings. The van der Waals surface area contributed by atoms with Gasteiger partial charge in [0.2, 0.25) is 0 Å². The van der Waals surface area contributed by atoms with Crippen molar-refractivity contribution in [3.63, 3.8) is 0 Å². The van der Waals surface area contributed by atoms with Gasteiger partial charge in [0.1, 0.15) is 11.6 Å². The SMILES string of the molecule is CC1(O)CN(Cc2nnc3n2CCCC3)C1. The van der Waals surface area contributed by atoms with Crippen LogP contribution in [0.25, 0.3) is 0 Å². The summed E-state index contributed by atoms with van der Waals surface area (Å²) >= 11 is 0. The Labute approximate surface area is 95.1 Å². The summed E-state index contributed by atoms with van der Waals surface area (Å²) in [5, 5.41) is 18.2. The highest BCUT2D eigenvalue weighted by Gasteiger charge is 2.37. The molecule has 3 rings (SSSR count). The van der Waals surface area contributed by atoms with Crippen molar-refractivity contribution < 1.29 is 5.11 Å². The van der Waals surface area contributed by atoms with Crippen LogP contribution in [0.15, 0.2) is 0 Å². The number of hydrogen-bond acceptors (Lipinski definition) is 4. The van der Waals surface area contributed by atoms with Gasteiger partial charge in [0, 0.05) is 26.1 Å². The second-order valence-corrected chi connectivity index (χ2v) is 5.28. The lowest BCUT2D eigenvalue weighted by Crippen LogP contribution is -2.59. The van der Waals surface area contributed by atoms with Crippen LogP contribution in [-0.4, -0.2) is 43.5 Å². The first kappa shape index (κ1) is 10.2. The van der Waals surface area contributed by atoms with Gasteiger partial charge in [0.15, 0.2) is 0 Å². The number of β-amino-alcohol motifs (C(OH)–C–C–N with tert-alkyl or cyclic N) is 1. The van der Waals surface area contributed by atoms with E-state index in [0.717, 1.165) is 44.2 Å². The van der Waals surface area contributed by atoms with Crippen LogP contribution in [-0.2, 0) is 19.5 Å². The summed E-state index contributed by atoms with van der Waals surface area (Å²) in [7, 11) is 0. The summed E-state index contributed by atoms with van der Waals surface area (Å²) in [5.41, 5.74) is -0.495. The van der Waals surface area contributed by atoms with Gasteiger partial charge in [-0.2, -0.15) is 0 Å². The van der Waals surface area contributed by atoms with Crippen LogP contribution in [0.2, 0.25) is 0 Å². The largest absolute Gasteiger partial charge is 0.388 e. The molecule has 5 heteroatoms. The molecular formula is C11H18N4O. The first-order chi connectivity index (χ1) is 7.64. The Morgan fingerprint density at radius 1 is 1.31 bits per heavy atom. The molecule has 0 unspecified atom stereocenters. The lowest BCUT2D eigenvalue weighted by molar-refractivity contribution is -0.0884. The standard InChI is InChI=1S/C11H18N4O/c1-11(16)7-14(8-11)6-10-13-12-9-4-2-3-5-15(9)10/h16H,2-8H2,1H3. The zero-order chi connectivity index (χ0) is 11.2. The van der Waals surface area contributed by atoms with E-state index >= 15 is 0 Å². The maximum atomic E-state index is 9.67. The van der Waals surface area contributed by atoms with Crippen molar-refractivity contribution in [3.8, 4) is 0 Å². The van der Waals surface area contributed by atoms with E-state index in [1.165, 1.54) is 12.8 Å². The topological polar surface area (TPSA) is 54.2 Å². The van der Waals surface area contributed by atoms with E-state index in [4.69, 9.17) is 0 Å². The maximum absolute atomic E-state index is 9.67. The van der Waals surface area contributed by atoms with Gasteiger partial charge in [-0.3, -0.25) is 4.90 Å². The molecule has 0 amide bonds. The number of aryl methyl sites for hydroxylation is 1. The van der Waals surface area contributed by atoms with Gasteiger partial charge >= 0.3 is 0 Å². The van der Waals surface area contributed by atoms with Crippen molar-refractivity contribution in [2.75, 3.05) is 13.1 Å². The Morgan fingerprint density at radius 3 is 2.88 bits per heavy atom. The molecule has 2 aliphatic rings. The van der Waals surface area contributed by atoms with Gasteiger partial charge < -0.3 is 9.67 Å². The van der Waals surface area contributed by atoms with E-state index in [9.17, 15) is 5.11 Å². The van der Waals surface area contributed by atoms with E-state index in [0.29, 0.717) is 0 Å². The predicted molar refractivity (Wildman–Crippen MR) is 58.9 cm³/mol. The number of fused-ring (bicyclic) bond motifs is 1. The summed E-state index contributed by atoms with van der Waals surface area (Å²) in [5.74, 6) is 2.19. The second-order valence-electron chi connectivity index (χ2n) is 5.28. The molecule has 1 aromatic heterocycles. The molecule has 88 valence electrons.